The van der Waals surface area contributed by atoms with Gasteiger partial charge in [0.05, 0.1) is 0 Å². The maximum Gasteiger partial charge on any atom is 0.278 e. The van der Waals surface area contributed by atoms with Crippen LogP contribution < -0.4 is 4.72 Å². The molecule has 0 bridgehead atoms. The van der Waals surface area contributed by atoms with E-state index < -0.39 is 10.2 Å². The number of nitrogens with zero attached hydrogens (tertiary/aromatic N) is 4. The standard InChI is InChI=1S/C18H23N5O2S/c1-14-7-9-15(10-8-14)17-21-16-6-4-11-19-18(16)23(17)13-5-12-20-26(24,25)22(2)3/h4,6-11,20H,5,12-13H2,1-3H3. The average Bonchev–Trinajstić information content (AvgIpc) is 2.98. The van der Waals surface area contributed by atoms with Crippen molar-refractivity contribution >= 4 is 21.4 Å². The van der Waals surface area contributed by atoms with Gasteiger partial charge in [0.2, 0.25) is 0 Å². The Kier molecular flexibility index (Phi) is 5.36. The highest BCUT2D eigenvalue weighted by molar-refractivity contribution is 7.87. The third-order valence-electron chi connectivity index (χ3n) is 4.14. The van der Waals surface area contributed by atoms with E-state index in [1.807, 2.05) is 35.8 Å². The summed E-state index contributed by atoms with van der Waals surface area (Å²) in [5.41, 5.74) is 3.84. The molecule has 0 saturated carbocycles. The molecule has 7 nitrogen and oxygen atoms in total. The van der Waals surface area contributed by atoms with E-state index in [0.29, 0.717) is 19.5 Å². The van der Waals surface area contributed by atoms with Gasteiger partial charge in [0.25, 0.3) is 10.2 Å². The summed E-state index contributed by atoms with van der Waals surface area (Å²) >= 11 is 0. The van der Waals surface area contributed by atoms with Crippen molar-refractivity contribution in [3.63, 3.8) is 0 Å². The monoisotopic (exact) mass is 373 g/mol. The number of hydrogen-bond acceptors (Lipinski definition) is 4. The number of aromatic nitrogens is 3. The number of nitrogens with one attached hydrogen (secondary N) is 1. The van der Waals surface area contributed by atoms with E-state index in [1.54, 1.807) is 6.20 Å². The van der Waals surface area contributed by atoms with Crippen LogP contribution >= 0.6 is 0 Å². The SMILES string of the molecule is Cc1ccc(-c2nc3cccnc3n2CCCNS(=O)(=O)N(C)C)cc1. The molecule has 2 aromatic heterocycles. The molecule has 0 aliphatic rings. The van der Waals surface area contributed by atoms with Crippen molar-refractivity contribution in [3.8, 4) is 11.4 Å². The molecule has 0 atom stereocenters. The molecule has 2 heterocycles. The van der Waals surface area contributed by atoms with Crippen molar-refractivity contribution in [2.24, 2.45) is 0 Å². The second-order valence-corrected chi connectivity index (χ2v) is 8.30. The van der Waals surface area contributed by atoms with Crippen molar-refractivity contribution < 1.29 is 8.42 Å². The van der Waals surface area contributed by atoms with Gasteiger partial charge in [-0.3, -0.25) is 0 Å². The number of hydrogen-bond donors (Lipinski definition) is 1. The summed E-state index contributed by atoms with van der Waals surface area (Å²) in [5, 5.41) is 0. The summed E-state index contributed by atoms with van der Waals surface area (Å²) in [6.07, 6.45) is 2.38. The van der Waals surface area contributed by atoms with Gasteiger partial charge in [0.1, 0.15) is 11.3 Å². The van der Waals surface area contributed by atoms with E-state index in [0.717, 1.165) is 22.6 Å². The molecule has 3 aromatic rings. The van der Waals surface area contributed by atoms with Crippen LogP contribution in [0, 0.1) is 6.92 Å². The number of benzene rings is 1. The van der Waals surface area contributed by atoms with Gasteiger partial charge in [-0.05, 0) is 25.5 Å². The lowest BCUT2D eigenvalue weighted by atomic mass is 10.1. The van der Waals surface area contributed by atoms with Crippen LogP contribution in [0.1, 0.15) is 12.0 Å². The van der Waals surface area contributed by atoms with Crippen molar-refractivity contribution in [2.75, 3.05) is 20.6 Å². The molecule has 1 aromatic carbocycles. The van der Waals surface area contributed by atoms with Gasteiger partial charge in [-0.15, -0.1) is 0 Å². The van der Waals surface area contributed by atoms with Gasteiger partial charge < -0.3 is 4.57 Å². The molecule has 0 fully saturated rings. The fraction of sp³-hybridized carbons (Fsp3) is 0.333. The molecule has 0 radical (unpaired) electrons. The Morgan fingerprint density at radius 3 is 2.58 bits per heavy atom. The van der Waals surface area contributed by atoms with Crippen LogP contribution in [-0.4, -0.2) is 47.9 Å². The Hall–Kier alpha value is -2.29. The fourth-order valence-corrected chi connectivity index (χ4v) is 3.32. The first-order chi connectivity index (χ1) is 12.4. The van der Waals surface area contributed by atoms with E-state index >= 15 is 0 Å². The molecule has 0 amide bonds. The molecule has 1 N–H and O–H groups in total. The first kappa shape index (κ1) is 18.5. The summed E-state index contributed by atoms with van der Waals surface area (Å²) in [4.78, 5) is 9.18. The van der Waals surface area contributed by atoms with E-state index in [2.05, 4.69) is 21.8 Å². The van der Waals surface area contributed by atoms with Gasteiger partial charge in [-0.2, -0.15) is 12.7 Å². The third kappa shape index (κ3) is 3.92. The Morgan fingerprint density at radius 1 is 1.15 bits per heavy atom. The number of pyridine rings is 1. The normalized spacial score (nSPS) is 12.2. The van der Waals surface area contributed by atoms with Crippen LogP contribution in [0.2, 0.25) is 0 Å². The van der Waals surface area contributed by atoms with E-state index in [1.165, 1.54) is 24.0 Å². The van der Waals surface area contributed by atoms with Crippen molar-refractivity contribution in [1.82, 2.24) is 23.6 Å². The van der Waals surface area contributed by atoms with Gasteiger partial charge in [-0.1, -0.05) is 29.8 Å². The van der Waals surface area contributed by atoms with Crippen LogP contribution in [0.4, 0.5) is 0 Å². The Labute approximate surface area is 153 Å². The highest BCUT2D eigenvalue weighted by Gasteiger charge is 2.15. The molecule has 0 spiro atoms. The Balaban J connectivity index is 1.84. The zero-order valence-electron chi connectivity index (χ0n) is 15.2. The minimum absolute atomic E-state index is 0.348. The average molecular weight is 373 g/mol. The number of rotatable bonds is 7. The third-order valence-corrected chi connectivity index (χ3v) is 5.67. The lowest BCUT2D eigenvalue weighted by Crippen LogP contribution is -2.36. The molecule has 0 aliphatic heterocycles. The van der Waals surface area contributed by atoms with Crippen LogP contribution in [0.15, 0.2) is 42.6 Å². The maximum absolute atomic E-state index is 11.8. The minimum atomic E-state index is -3.41. The summed E-state index contributed by atoms with van der Waals surface area (Å²) in [7, 11) is -0.396. The molecule has 26 heavy (non-hydrogen) atoms. The quantitative estimate of drug-likeness (QED) is 0.644. The molecule has 138 valence electrons. The maximum atomic E-state index is 11.8. The Bertz CT molecular complexity index is 994. The van der Waals surface area contributed by atoms with E-state index in [9.17, 15) is 8.42 Å². The highest BCUT2D eigenvalue weighted by Crippen LogP contribution is 2.24. The van der Waals surface area contributed by atoms with Crippen LogP contribution in [0.3, 0.4) is 0 Å². The van der Waals surface area contributed by atoms with Gasteiger partial charge in [0.15, 0.2) is 5.65 Å². The molecule has 8 heteroatoms. The predicted molar refractivity (Wildman–Crippen MR) is 103 cm³/mol. The highest BCUT2D eigenvalue weighted by atomic mass is 32.2. The first-order valence-electron chi connectivity index (χ1n) is 8.44. The fourth-order valence-electron chi connectivity index (χ4n) is 2.66. The molecule has 0 unspecified atom stereocenters. The lowest BCUT2D eigenvalue weighted by Gasteiger charge is -2.13. The predicted octanol–water partition coefficient (Wildman–Crippen LogP) is 2.19. The number of fused-ring (bicyclic) bond motifs is 1. The van der Waals surface area contributed by atoms with Crippen molar-refractivity contribution in [1.29, 1.82) is 0 Å². The summed E-state index contributed by atoms with van der Waals surface area (Å²) in [5.74, 6) is 0.842. The number of aryl methyl sites for hydroxylation is 2. The van der Waals surface area contributed by atoms with E-state index in [-0.39, 0.29) is 0 Å². The summed E-state index contributed by atoms with van der Waals surface area (Å²) in [6, 6.07) is 12.0. The summed E-state index contributed by atoms with van der Waals surface area (Å²) in [6.45, 7) is 3.01. The largest absolute Gasteiger partial charge is 0.309 e. The minimum Gasteiger partial charge on any atom is -0.309 e. The molecule has 0 saturated heterocycles. The molecule has 0 aliphatic carbocycles. The van der Waals surface area contributed by atoms with Crippen LogP contribution in [-0.2, 0) is 16.8 Å². The number of imidazole rings is 1. The molecule has 3 rings (SSSR count). The topological polar surface area (TPSA) is 80.1 Å². The van der Waals surface area contributed by atoms with Crippen LogP contribution in [0.25, 0.3) is 22.6 Å². The lowest BCUT2D eigenvalue weighted by molar-refractivity contribution is 0.501. The Morgan fingerprint density at radius 2 is 1.88 bits per heavy atom. The second kappa shape index (κ2) is 7.53. The van der Waals surface area contributed by atoms with Gasteiger partial charge >= 0.3 is 0 Å². The van der Waals surface area contributed by atoms with Gasteiger partial charge in [0, 0.05) is 38.9 Å². The molecular weight excluding hydrogens is 350 g/mol. The second-order valence-electron chi connectivity index (χ2n) is 6.33. The smallest absolute Gasteiger partial charge is 0.278 e. The van der Waals surface area contributed by atoms with Crippen molar-refractivity contribution in [3.05, 3.63) is 48.2 Å². The zero-order chi connectivity index (χ0) is 18.7. The molecular formula is C18H23N5O2S. The van der Waals surface area contributed by atoms with Gasteiger partial charge in [-0.25, -0.2) is 14.7 Å². The summed E-state index contributed by atoms with van der Waals surface area (Å²) < 4.78 is 29.4. The van der Waals surface area contributed by atoms with E-state index in [4.69, 9.17) is 4.98 Å². The first-order valence-corrected chi connectivity index (χ1v) is 9.88. The zero-order valence-corrected chi connectivity index (χ0v) is 16.0. The van der Waals surface area contributed by atoms with Crippen molar-refractivity contribution in [2.45, 2.75) is 19.9 Å². The van der Waals surface area contributed by atoms with Crippen LogP contribution in [0.5, 0.6) is 0 Å².